The third kappa shape index (κ3) is 4.89. The quantitative estimate of drug-likeness (QED) is 0.681. The largest absolute Gasteiger partial charge is 0.493 e. The van der Waals surface area contributed by atoms with Crippen molar-refractivity contribution in [2.45, 2.75) is 26.3 Å². The molecule has 0 heterocycles. The van der Waals surface area contributed by atoms with Crippen molar-refractivity contribution in [1.82, 2.24) is 5.32 Å². The molecule has 1 atom stereocenters. The number of hydrogen-bond donors (Lipinski definition) is 3. The average molecular weight is 281 g/mol. The second-order valence-electron chi connectivity index (χ2n) is 4.49. The summed E-state index contributed by atoms with van der Waals surface area (Å²) in [5, 5.41) is 19.7. The van der Waals surface area contributed by atoms with Crippen molar-refractivity contribution < 1.29 is 24.5 Å². The van der Waals surface area contributed by atoms with Gasteiger partial charge in [0.15, 0.2) is 0 Å². The third-order valence-corrected chi connectivity index (χ3v) is 2.89. The van der Waals surface area contributed by atoms with E-state index in [1.807, 2.05) is 32.0 Å². The van der Waals surface area contributed by atoms with Gasteiger partial charge in [-0.15, -0.1) is 0 Å². The molecule has 0 bridgehead atoms. The Morgan fingerprint density at radius 1 is 1.30 bits per heavy atom. The fraction of sp³-hybridized carbons (Fsp3) is 0.429. The maximum absolute atomic E-state index is 11.5. The number of rotatable bonds is 7. The smallest absolute Gasteiger partial charge is 0.328 e. The van der Waals surface area contributed by atoms with Crippen LogP contribution in [0.5, 0.6) is 5.75 Å². The Bertz CT molecular complexity index is 486. The zero-order valence-corrected chi connectivity index (χ0v) is 11.5. The predicted octanol–water partition coefficient (Wildman–Crippen LogP) is 0.634. The summed E-state index contributed by atoms with van der Waals surface area (Å²) in [5.41, 5.74) is 2.25. The fourth-order valence-electron chi connectivity index (χ4n) is 1.52. The predicted molar refractivity (Wildman–Crippen MR) is 72.7 cm³/mol. The Morgan fingerprint density at radius 3 is 2.55 bits per heavy atom. The van der Waals surface area contributed by atoms with Gasteiger partial charge in [0, 0.05) is 0 Å². The summed E-state index contributed by atoms with van der Waals surface area (Å²) in [4.78, 5) is 22.1. The van der Waals surface area contributed by atoms with Gasteiger partial charge in [-0.25, -0.2) is 4.79 Å². The molecule has 1 amide bonds. The van der Waals surface area contributed by atoms with E-state index in [9.17, 15) is 9.59 Å². The number of benzene rings is 1. The molecule has 0 aliphatic carbocycles. The van der Waals surface area contributed by atoms with Crippen LogP contribution in [0.4, 0.5) is 0 Å². The van der Waals surface area contributed by atoms with E-state index >= 15 is 0 Å². The number of aliphatic carboxylic acids is 1. The van der Waals surface area contributed by atoms with E-state index in [0.717, 1.165) is 11.1 Å². The Morgan fingerprint density at radius 2 is 2.00 bits per heavy atom. The molecule has 0 fully saturated rings. The molecule has 110 valence electrons. The fourth-order valence-corrected chi connectivity index (χ4v) is 1.52. The van der Waals surface area contributed by atoms with Crippen LogP contribution in [0.15, 0.2) is 18.2 Å². The molecule has 6 heteroatoms. The van der Waals surface area contributed by atoms with Gasteiger partial charge in [-0.1, -0.05) is 6.07 Å². The molecule has 1 aromatic rings. The average Bonchev–Trinajstić information content (AvgIpc) is 2.39. The molecule has 0 unspecified atom stereocenters. The number of carboxylic acid groups (broad SMARTS) is 1. The van der Waals surface area contributed by atoms with Gasteiger partial charge in [0.2, 0.25) is 5.91 Å². The molecule has 20 heavy (non-hydrogen) atoms. The van der Waals surface area contributed by atoms with Crippen LogP contribution < -0.4 is 10.1 Å². The number of hydrogen-bond acceptors (Lipinski definition) is 4. The SMILES string of the molecule is Cc1ccc(OCCC(=O)N[C@@H](CO)C(=O)O)cc1C. The molecule has 0 aromatic heterocycles. The highest BCUT2D eigenvalue weighted by molar-refractivity contribution is 5.83. The van der Waals surface area contributed by atoms with Gasteiger partial charge in [0.25, 0.3) is 0 Å². The second-order valence-corrected chi connectivity index (χ2v) is 4.49. The van der Waals surface area contributed by atoms with Crippen molar-refractivity contribution in [1.29, 1.82) is 0 Å². The topological polar surface area (TPSA) is 95.9 Å². The van der Waals surface area contributed by atoms with Crippen LogP contribution in [0.1, 0.15) is 17.5 Å². The highest BCUT2D eigenvalue weighted by Crippen LogP contribution is 2.16. The first-order valence-electron chi connectivity index (χ1n) is 6.27. The van der Waals surface area contributed by atoms with E-state index in [-0.39, 0.29) is 13.0 Å². The lowest BCUT2D eigenvalue weighted by molar-refractivity contribution is -0.143. The zero-order chi connectivity index (χ0) is 15.1. The highest BCUT2D eigenvalue weighted by atomic mass is 16.5. The van der Waals surface area contributed by atoms with Crippen molar-refractivity contribution >= 4 is 11.9 Å². The standard InChI is InChI=1S/C14H19NO5/c1-9-3-4-11(7-10(9)2)20-6-5-13(17)15-12(8-16)14(18)19/h3-4,7,12,16H,5-6,8H2,1-2H3,(H,15,17)(H,18,19)/t12-/m0/s1. The first-order chi connectivity index (χ1) is 9.43. The summed E-state index contributed by atoms with van der Waals surface area (Å²) >= 11 is 0. The molecule has 0 saturated heterocycles. The molecule has 6 nitrogen and oxygen atoms in total. The Labute approximate surface area is 117 Å². The number of nitrogens with one attached hydrogen (secondary N) is 1. The molecular weight excluding hydrogens is 262 g/mol. The Balaban J connectivity index is 2.38. The van der Waals surface area contributed by atoms with Gasteiger partial charge >= 0.3 is 5.97 Å². The highest BCUT2D eigenvalue weighted by Gasteiger charge is 2.18. The van der Waals surface area contributed by atoms with E-state index in [4.69, 9.17) is 14.9 Å². The molecule has 1 aromatic carbocycles. The molecule has 0 saturated carbocycles. The van der Waals surface area contributed by atoms with Crippen LogP contribution in [0.3, 0.4) is 0 Å². The number of aliphatic hydroxyl groups is 1. The van der Waals surface area contributed by atoms with Crippen LogP contribution in [0, 0.1) is 13.8 Å². The van der Waals surface area contributed by atoms with Crippen LogP contribution in [-0.4, -0.2) is 41.3 Å². The summed E-state index contributed by atoms with van der Waals surface area (Å²) in [5.74, 6) is -1.08. The summed E-state index contributed by atoms with van der Waals surface area (Å²) in [7, 11) is 0. The van der Waals surface area contributed by atoms with Gasteiger partial charge < -0.3 is 20.3 Å². The number of carboxylic acids is 1. The van der Waals surface area contributed by atoms with Crippen molar-refractivity contribution in [3.05, 3.63) is 29.3 Å². The molecule has 0 spiro atoms. The maximum atomic E-state index is 11.5. The summed E-state index contributed by atoms with van der Waals surface area (Å²) in [6.07, 6.45) is 0.0245. The Hall–Kier alpha value is -2.08. The number of amides is 1. The van der Waals surface area contributed by atoms with E-state index in [2.05, 4.69) is 5.32 Å². The number of carbonyl (C=O) groups is 2. The van der Waals surface area contributed by atoms with Gasteiger partial charge in [0.1, 0.15) is 11.8 Å². The normalized spacial score (nSPS) is 11.8. The number of aryl methyl sites for hydroxylation is 2. The third-order valence-electron chi connectivity index (χ3n) is 2.89. The summed E-state index contributed by atoms with van der Waals surface area (Å²) < 4.78 is 5.42. The molecule has 0 aliphatic heterocycles. The number of ether oxygens (including phenoxy) is 1. The van der Waals surface area contributed by atoms with E-state index in [0.29, 0.717) is 5.75 Å². The van der Waals surface area contributed by atoms with Gasteiger partial charge in [-0.2, -0.15) is 0 Å². The maximum Gasteiger partial charge on any atom is 0.328 e. The number of carbonyl (C=O) groups excluding carboxylic acids is 1. The lowest BCUT2D eigenvalue weighted by Gasteiger charge is -2.12. The zero-order valence-electron chi connectivity index (χ0n) is 11.5. The lowest BCUT2D eigenvalue weighted by Crippen LogP contribution is -2.43. The number of aliphatic hydroxyl groups excluding tert-OH is 1. The van der Waals surface area contributed by atoms with Crippen molar-refractivity contribution in [3.63, 3.8) is 0 Å². The minimum Gasteiger partial charge on any atom is -0.493 e. The van der Waals surface area contributed by atoms with E-state index in [1.54, 1.807) is 0 Å². The van der Waals surface area contributed by atoms with Gasteiger partial charge in [0.05, 0.1) is 19.6 Å². The summed E-state index contributed by atoms with van der Waals surface area (Å²) in [6.45, 7) is 3.46. The summed E-state index contributed by atoms with van der Waals surface area (Å²) in [6, 6.07) is 4.34. The van der Waals surface area contributed by atoms with Crippen LogP contribution in [0.2, 0.25) is 0 Å². The molecule has 1 rings (SSSR count). The van der Waals surface area contributed by atoms with E-state index < -0.39 is 24.5 Å². The molecule has 0 radical (unpaired) electrons. The van der Waals surface area contributed by atoms with Crippen molar-refractivity contribution in [3.8, 4) is 5.75 Å². The van der Waals surface area contributed by atoms with Gasteiger partial charge in [-0.05, 0) is 37.1 Å². The van der Waals surface area contributed by atoms with Crippen LogP contribution in [0.25, 0.3) is 0 Å². The molecule has 0 aliphatic rings. The monoisotopic (exact) mass is 281 g/mol. The minimum absolute atomic E-state index is 0.0245. The molecule has 3 N–H and O–H groups in total. The van der Waals surface area contributed by atoms with Crippen LogP contribution in [-0.2, 0) is 9.59 Å². The van der Waals surface area contributed by atoms with Gasteiger partial charge in [-0.3, -0.25) is 4.79 Å². The first kappa shape index (κ1) is 16.0. The molecular formula is C14H19NO5. The second kappa shape index (κ2) is 7.49. The van der Waals surface area contributed by atoms with Crippen molar-refractivity contribution in [2.24, 2.45) is 0 Å². The van der Waals surface area contributed by atoms with Crippen LogP contribution >= 0.6 is 0 Å². The minimum atomic E-state index is -1.27. The lowest BCUT2D eigenvalue weighted by atomic mass is 10.1. The first-order valence-corrected chi connectivity index (χ1v) is 6.27. The van der Waals surface area contributed by atoms with Crippen molar-refractivity contribution in [2.75, 3.05) is 13.2 Å². The van der Waals surface area contributed by atoms with E-state index in [1.165, 1.54) is 0 Å². The Kier molecular flexibility index (Phi) is 5.99.